The van der Waals surface area contributed by atoms with E-state index in [0.717, 1.165) is 11.8 Å². The summed E-state index contributed by atoms with van der Waals surface area (Å²) >= 11 is 0. The second-order valence-electron chi connectivity index (χ2n) is 8.00. The van der Waals surface area contributed by atoms with Crippen LogP contribution in [0.2, 0.25) is 0 Å². The molecule has 0 fully saturated rings. The molecule has 1 amide bonds. The summed E-state index contributed by atoms with van der Waals surface area (Å²) in [7, 11) is 0. The minimum atomic E-state index is -4.80. The monoisotopic (exact) mass is 472 g/mol. The van der Waals surface area contributed by atoms with Gasteiger partial charge in [0.1, 0.15) is 23.5 Å². The molecule has 0 radical (unpaired) electrons. The molecule has 1 aromatic carbocycles. The summed E-state index contributed by atoms with van der Waals surface area (Å²) in [6.07, 6.45) is -5.50. The smallest absolute Gasteiger partial charge is 0.422 e. The van der Waals surface area contributed by atoms with Gasteiger partial charge in [-0.05, 0) is 26.3 Å². The number of hydrogen-bond acceptors (Lipinski definition) is 7. The zero-order chi connectivity index (χ0) is 24.8. The lowest BCUT2D eigenvalue weighted by Crippen LogP contribution is -2.46. The van der Waals surface area contributed by atoms with Crippen LogP contribution in [0.15, 0.2) is 36.5 Å². The lowest BCUT2D eigenvalue weighted by molar-refractivity contribution is -0.385. The Hall–Kier alpha value is -3.64. The fraction of sp³-hybridized carbons (Fsp3) is 0.450. The number of alkyl halides is 3. The van der Waals surface area contributed by atoms with E-state index in [9.17, 15) is 32.9 Å². The summed E-state index contributed by atoms with van der Waals surface area (Å²) in [5.41, 5.74) is -0.793. The van der Waals surface area contributed by atoms with Crippen LogP contribution in [0.3, 0.4) is 0 Å². The summed E-state index contributed by atoms with van der Waals surface area (Å²) in [5.74, 6) is -1.43. The first-order valence-corrected chi connectivity index (χ1v) is 9.71. The van der Waals surface area contributed by atoms with Crippen molar-refractivity contribution in [1.29, 1.82) is 0 Å². The number of amides is 1. The molecule has 10 nitrogen and oxygen atoms in total. The number of aromatic nitrogens is 2. The van der Waals surface area contributed by atoms with Crippen LogP contribution in [0.4, 0.5) is 23.7 Å². The molecule has 0 aliphatic rings. The van der Waals surface area contributed by atoms with E-state index in [1.807, 2.05) is 0 Å². The van der Waals surface area contributed by atoms with E-state index in [0.29, 0.717) is 0 Å². The van der Waals surface area contributed by atoms with Crippen LogP contribution in [0, 0.1) is 10.1 Å². The van der Waals surface area contributed by atoms with Crippen molar-refractivity contribution in [3.63, 3.8) is 0 Å². The summed E-state index contributed by atoms with van der Waals surface area (Å²) in [4.78, 5) is 35.3. The molecule has 1 N–H and O–H groups in total. The Kier molecular flexibility index (Phi) is 8.01. The van der Waals surface area contributed by atoms with Crippen molar-refractivity contribution in [2.24, 2.45) is 0 Å². The number of halogens is 3. The number of nitrogens with zero attached hydrogens (tertiary/aromatic N) is 3. The van der Waals surface area contributed by atoms with Crippen molar-refractivity contribution >= 4 is 17.7 Å². The normalized spacial score (nSPS) is 12.7. The minimum Gasteiger partial charge on any atom is -0.454 e. The van der Waals surface area contributed by atoms with Gasteiger partial charge in [-0.15, -0.1) is 0 Å². The zero-order valence-electron chi connectivity index (χ0n) is 18.1. The Balaban J connectivity index is 2.34. The van der Waals surface area contributed by atoms with Gasteiger partial charge in [-0.1, -0.05) is 30.3 Å². The number of alkyl carbamates (subject to hydrolysis) is 1. The first-order valence-electron chi connectivity index (χ1n) is 9.71. The van der Waals surface area contributed by atoms with Crippen molar-refractivity contribution < 1.29 is 37.2 Å². The maximum Gasteiger partial charge on any atom is 0.422 e. The Bertz CT molecular complexity index is 986. The highest BCUT2D eigenvalue weighted by atomic mass is 19.4. The number of carbonyl (C=O) groups is 2. The second-order valence-corrected chi connectivity index (χ2v) is 8.00. The molecular formula is C20H23F3N4O6. The summed E-state index contributed by atoms with van der Waals surface area (Å²) in [6, 6.07) is 7.04. The van der Waals surface area contributed by atoms with Crippen LogP contribution < -0.4 is 5.32 Å². The number of ether oxygens (including phenoxy) is 2. The van der Waals surface area contributed by atoms with Crippen LogP contribution in [0.1, 0.15) is 32.0 Å². The molecule has 13 heteroatoms. The summed E-state index contributed by atoms with van der Waals surface area (Å²) in [6.45, 7) is 2.83. The molecular weight excluding hydrogens is 449 g/mol. The molecule has 0 aliphatic carbocycles. The molecule has 33 heavy (non-hydrogen) atoms. The number of hydrogen-bond donors (Lipinski definition) is 1. The zero-order valence-corrected chi connectivity index (χ0v) is 18.1. The van der Waals surface area contributed by atoms with E-state index in [1.165, 1.54) is 4.68 Å². The Morgan fingerprint density at radius 1 is 1.21 bits per heavy atom. The quantitative estimate of drug-likeness (QED) is 0.355. The van der Waals surface area contributed by atoms with Crippen molar-refractivity contribution in [2.75, 3.05) is 6.61 Å². The first-order chi connectivity index (χ1) is 15.2. The third-order valence-electron chi connectivity index (χ3n) is 4.05. The standard InChI is InChI=1S/C20H23F3N4O6/c1-19(2,3)33-18(29)25-14(17(28)32-12-20(21,22)23)9-15-16(27(30)31)10-24-26(15)11-13-7-5-4-6-8-13/h4-8,10,14H,9,11-12H2,1-3H3,(H,25,29). The van der Waals surface area contributed by atoms with Crippen molar-refractivity contribution in [1.82, 2.24) is 15.1 Å². The van der Waals surface area contributed by atoms with E-state index in [4.69, 9.17) is 4.74 Å². The number of nitrogens with one attached hydrogen (secondary N) is 1. The van der Waals surface area contributed by atoms with E-state index < -0.39 is 53.5 Å². The molecule has 1 aromatic heterocycles. The van der Waals surface area contributed by atoms with Gasteiger partial charge in [-0.2, -0.15) is 18.3 Å². The SMILES string of the molecule is CC(C)(C)OC(=O)NC(Cc1c([N+](=O)[O-])cnn1Cc1ccccc1)C(=O)OCC(F)(F)F. The minimum absolute atomic E-state index is 0.0841. The van der Waals surface area contributed by atoms with Gasteiger partial charge >= 0.3 is 23.9 Å². The molecule has 0 spiro atoms. The second kappa shape index (κ2) is 10.3. The van der Waals surface area contributed by atoms with Gasteiger partial charge in [0, 0.05) is 6.42 Å². The highest BCUT2D eigenvalue weighted by Gasteiger charge is 2.35. The molecule has 0 aliphatic heterocycles. The molecule has 2 rings (SSSR count). The fourth-order valence-corrected chi connectivity index (χ4v) is 2.75. The van der Waals surface area contributed by atoms with Crippen LogP contribution in [0.5, 0.6) is 0 Å². The largest absolute Gasteiger partial charge is 0.454 e. The number of rotatable bonds is 8. The van der Waals surface area contributed by atoms with Gasteiger partial charge in [0.05, 0.1) is 11.5 Å². The lowest BCUT2D eigenvalue weighted by atomic mass is 10.1. The Labute approximate surface area is 186 Å². The molecule has 1 heterocycles. The molecule has 0 saturated carbocycles. The average Bonchev–Trinajstić information content (AvgIpc) is 3.07. The maximum absolute atomic E-state index is 12.5. The van der Waals surface area contributed by atoms with Crippen LogP contribution >= 0.6 is 0 Å². The third-order valence-corrected chi connectivity index (χ3v) is 4.05. The van der Waals surface area contributed by atoms with Crippen molar-refractivity contribution in [3.8, 4) is 0 Å². The summed E-state index contributed by atoms with van der Waals surface area (Å²) < 4.78 is 48.1. The average molecular weight is 472 g/mol. The van der Waals surface area contributed by atoms with Crippen LogP contribution in [0.25, 0.3) is 0 Å². The Morgan fingerprint density at radius 3 is 2.39 bits per heavy atom. The first kappa shape index (κ1) is 25.6. The van der Waals surface area contributed by atoms with Crippen LogP contribution in [-0.2, 0) is 27.2 Å². The fourth-order valence-electron chi connectivity index (χ4n) is 2.75. The molecule has 2 aromatic rings. The predicted molar refractivity (Wildman–Crippen MR) is 108 cm³/mol. The third kappa shape index (κ3) is 8.43. The molecule has 180 valence electrons. The number of carbonyl (C=O) groups excluding carboxylic acids is 2. The number of nitro groups is 1. The van der Waals surface area contributed by atoms with Gasteiger partial charge in [0.15, 0.2) is 6.61 Å². The topological polar surface area (TPSA) is 126 Å². The molecule has 0 saturated heterocycles. The van der Waals surface area contributed by atoms with Gasteiger partial charge in [0.25, 0.3) is 0 Å². The van der Waals surface area contributed by atoms with E-state index >= 15 is 0 Å². The Morgan fingerprint density at radius 2 is 1.85 bits per heavy atom. The highest BCUT2D eigenvalue weighted by molar-refractivity contribution is 5.82. The van der Waals surface area contributed by atoms with Crippen molar-refractivity contribution in [2.45, 2.75) is 51.6 Å². The predicted octanol–water partition coefficient (Wildman–Crippen LogP) is 3.38. The number of esters is 1. The van der Waals surface area contributed by atoms with Gasteiger partial charge < -0.3 is 14.8 Å². The molecule has 0 bridgehead atoms. The van der Waals surface area contributed by atoms with Gasteiger partial charge in [-0.25, -0.2) is 9.59 Å². The van der Waals surface area contributed by atoms with E-state index in [-0.39, 0.29) is 12.2 Å². The molecule has 1 atom stereocenters. The van der Waals surface area contributed by atoms with Crippen molar-refractivity contribution in [3.05, 3.63) is 57.9 Å². The number of benzene rings is 1. The van der Waals surface area contributed by atoms with Gasteiger partial charge in [0.2, 0.25) is 0 Å². The maximum atomic E-state index is 12.5. The highest BCUT2D eigenvalue weighted by Crippen LogP contribution is 2.22. The van der Waals surface area contributed by atoms with Gasteiger partial charge in [-0.3, -0.25) is 14.8 Å². The van der Waals surface area contributed by atoms with E-state index in [1.54, 1.807) is 51.1 Å². The lowest BCUT2D eigenvalue weighted by Gasteiger charge is -2.23. The molecule has 1 unspecified atom stereocenters. The van der Waals surface area contributed by atoms with Crippen LogP contribution in [-0.4, -0.2) is 51.2 Å². The van der Waals surface area contributed by atoms with E-state index in [2.05, 4.69) is 15.2 Å². The summed E-state index contributed by atoms with van der Waals surface area (Å²) in [5, 5.41) is 17.6.